The van der Waals surface area contributed by atoms with Crippen molar-refractivity contribution in [2.75, 3.05) is 18.6 Å². The number of carbonyl (C=O) groups is 1. The number of hydrogen-bond donors (Lipinski definition) is 1. The summed E-state index contributed by atoms with van der Waals surface area (Å²) >= 11 is 0. The van der Waals surface area contributed by atoms with Gasteiger partial charge in [0.25, 0.3) is 0 Å². The number of hydrogen-bond acceptors (Lipinski definition) is 3. The number of aromatic amines is 1. The van der Waals surface area contributed by atoms with Crippen molar-refractivity contribution < 1.29 is 41.2 Å². The van der Waals surface area contributed by atoms with Crippen molar-refractivity contribution in [2.45, 2.75) is 77.3 Å². The molecule has 1 aliphatic rings. The molecule has 0 aromatic carbocycles. The van der Waals surface area contributed by atoms with E-state index in [1.54, 1.807) is 19.6 Å². The van der Waals surface area contributed by atoms with Crippen LogP contribution in [0.5, 0.6) is 0 Å². The van der Waals surface area contributed by atoms with Crippen molar-refractivity contribution in [1.29, 1.82) is 5.26 Å². The van der Waals surface area contributed by atoms with Crippen molar-refractivity contribution in [1.82, 2.24) is 0 Å². The molecule has 2 heterocycles. The summed E-state index contributed by atoms with van der Waals surface area (Å²) in [4.78, 5) is 15.1. The first kappa shape index (κ1) is 33.3. The third-order valence-electron chi connectivity index (χ3n) is 5.64. The van der Waals surface area contributed by atoms with Gasteiger partial charge >= 0.3 is 12.1 Å². The normalized spacial score (nSPS) is 14.1. The number of rotatable bonds is 6. The Kier molecular flexibility index (Phi) is 11.7. The number of amides is 1. The number of halogens is 6. The van der Waals surface area contributed by atoms with E-state index in [-0.39, 0.29) is 16.9 Å². The van der Waals surface area contributed by atoms with E-state index in [1.807, 2.05) is 0 Å². The Hall–Kier alpha value is -2.70. The number of H-pyrrole nitrogens is 1. The highest BCUT2D eigenvalue weighted by Crippen LogP contribution is 2.49. The lowest BCUT2D eigenvalue weighted by molar-refractivity contribution is -0.363. The molecule has 0 radical (unpaired) electrons. The molecule has 0 aliphatic heterocycles. The smallest absolute Gasteiger partial charge is 0.400 e. The van der Waals surface area contributed by atoms with Crippen molar-refractivity contribution in [3.63, 3.8) is 0 Å². The molecule has 0 spiro atoms. The van der Waals surface area contributed by atoms with Crippen LogP contribution < -0.4 is 9.88 Å². The summed E-state index contributed by atoms with van der Waals surface area (Å²) in [5.41, 5.74) is 0.406. The maximum Gasteiger partial charge on any atom is 0.455 e. The molecule has 0 atom stereocenters. The Balaban J connectivity index is 0.00000135. The second-order valence-corrected chi connectivity index (χ2v) is 10.1. The number of aliphatic hydroxyl groups excluding tert-OH is 1. The average Bonchev–Trinajstić information content (AvgIpc) is 3.64. The van der Waals surface area contributed by atoms with Gasteiger partial charge in [0, 0.05) is 20.1 Å². The molecular formula is C26H33F6N3O2P+. The van der Waals surface area contributed by atoms with E-state index < -0.39 is 35.8 Å². The topological polar surface area (TPSA) is 78.5 Å². The van der Waals surface area contributed by atoms with Gasteiger partial charge in [-0.1, -0.05) is 42.3 Å². The van der Waals surface area contributed by atoms with Crippen LogP contribution in [-0.2, 0) is 10.2 Å². The van der Waals surface area contributed by atoms with Crippen molar-refractivity contribution in [3.05, 3.63) is 41.1 Å². The van der Waals surface area contributed by atoms with E-state index in [1.165, 1.54) is 18.6 Å². The predicted octanol–water partition coefficient (Wildman–Crippen LogP) is 7.14. The minimum absolute atomic E-state index is 0.139. The lowest BCUT2D eigenvalue weighted by Gasteiger charge is -2.28. The molecule has 1 amide bonds. The summed E-state index contributed by atoms with van der Waals surface area (Å²) in [7, 11) is 1.47. The lowest BCUT2D eigenvalue weighted by Crippen LogP contribution is -2.49. The van der Waals surface area contributed by atoms with E-state index in [4.69, 9.17) is 5.11 Å². The fraction of sp³-hybridized carbons (Fsp3) is 0.538. The zero-order valence-electron chi connectivity index (χ0n) is 22.2. The van der Waals surface area contributed by atoms with Crippen LogP contribution in [0.3, 0.4) is 0 Å². The minimum Gasteiger partial charge on any atom is -0.400 e. The summed E-state index contributed by atoms with van der Waals surface area (Å²) in [5.74, 6) is -5.31. The molecule has 12 heteroatoms. The molecule has 2 aromatic heterocycles. The number of aliphatic hydroxyl groups is 1. The number of nitrogens with zero attached hydrogens (tertiary/aromatic N) is 2. The van der Waals surface area contributed by atoms with Crippen LogP contribution >= 0.6 is 8.19 Å². The number of aromatic nitrogens is 1. The van der Waals surface area contributed by atoms with E-state index in [2.05, 4.69) is 24.9 Å². The summed E-state index contributed by atoms with van der Waals surface area (Å²) in [6.45, 7) is 6.64. The van der Waals surface area contributed by atoms with Gasteiger partial charge in [-0.05, 0) is 41.8 Å². The zero-order valence-corrected chi connectivity index (χ0v) is 23.1. The number of nitrogens with one attached hydrogen (secondary N) is 1. The maximum absolute atomic E-state index is 14.9. The second-order valence-electron chi connectivity index (χ2n) is 9.10. The summed E-state index contributed by atoms with van der Waals surface area (Å²) in [6.07, 6.45) is -2.11. The van der Waals surface area contributed by atoms with Crippen molar-refractivity contribution in [3.8, 4) is 17.1 Å². The van der Waals surface area contributed by atoms with Crippen LogP contribution in [0.1, 0.15) is 70.9 Å². The fourth-order valence-electron chi connectivity index (χ4n) is 3.48. The molecule has 3 rings (SSSR count). The molecule has 1 saturated carbocycles. The number of alkyl halides is 5. The second kappa shape index (κ2) is 13.4. The maximum atomic E-state index is 14.9. The summed E-state index contributed by atoms with van der Waals surface area (Å²) < 4.78 is 80.6. The minimum atomic E-state index is -5.82. The average molecular weight is 565 g/mol. The van der Waals surface area contributed by atoms with Crippen LogP contribution in [0.25, 0.3) is 11.0 Å². The Bertz CT molecular complexity index is 1140. The molecule has 0 bridgehead atoms. The highest BCUT2D eigenvalue weighted by molar-refractivity contribution is 7.33. The number of nitriles is 1. The number of pyridine rings is 1. The van der Waals surface area contributed by atoms with Gasteiger partial charge in [-0.15, -0.1) is 0 Å². The van der Waals surface area contributed by atoms with Gasteiger partial charge in [0.15, 0.2) is 6.20 Å². The monoisotopic (exact) mass is 564 g/mol. The van der Waals surface area contributed by atoms with E-state index in [0.717, 1.165) is 20.2 Å². The Labute approximate surface area is 220 Å². The Morgan fingerprint density at radius 2 is 1.76 bits per heavy atom. The van der Waals surface area contributed by atoms with Crippen LogP contribution in [0, 0.1) is 17.1 Å². The fourth-order valence-corrected chi connectivity index (χ4v) is 4.52. The van der Waals surface area contributed by atoms with Gasteiger partial charge in [0.05, 0.1) is 18.0 Å². The highest BCUT2D eigenvalue weighted by atomic mass is 31.0. The first-order valence-corrected chi connectivity index (χ1v) is 12.9. The molecule has 1 fully saturated rings. The first-order valence-electron chi connectivity index (χ1n) is 11.9. The van der Waals surface area contributed by atoms with Crippen LogP contribution in [0.2, 0.25) is 0 Å². The quantitative estimate of drug-likeness (QED) is 0.379. The highest BCUT2D eigenvalue weighted by Gasteiger charge is 2.58. The van der Waals surface area contributed by atoms with Gasteiger partial charge in [-0.3, -0.25) is 4.79 Å². The molecule has 210 valence electrons. The molecule has 1 aliphatic carbocycles. The summed E-state index contributed by atoms with van der Waals surface area (Å²) in [6, 6.07) is 4.95. The molecule has 0 unspecified atom stereocenters. The SMILES string of the molecule is CC(=O)N(CC(F)(F)C(F)(F)F)c1c[nH+]c(-c2pcc(C3(C#N)CC3)cc2F)cc1C(C)C.CCC.CO. The van der Waals surface area contributed by atoms with Gasteiger partial charge in [-0.25, -0.2) is 9.37 Å². The van der Waals surface area contributed by atoms with Gasteiger partial charge < -0.3 is 10.0 Å². The van der Waals surface area contributed by atoms with E-state index in [0.29, 0.717) is 42.8 Å². The summed E-state index contributed by atoms with van der Waals surface area (Å²) in [5, 5.41) is 16.6. The molecule has 2 aromatic rings. The van der Waals surface area contributed by atoms with E-state index >= 15 is 0 Å². The molecular weight excluding hydrogens is 531 g/mol. The Morgan fingerprint density at radius 1 is 1.21 bits per heavy atom. The predicted molar refractivity (Wildman–Crippen MR) is 135 cm³/mol. The zero-order chi connectivity index (χ0) is 29.5. The van der Waals surface area contributed by atoms with Crippen molar-refractivity contribution >= 4 is 19.8 Å². The molecule has 0 saturated heterocycles. The molecule has 2 N–H and O–H groups in total. The van der Waals surface area contributed by atoms with Crippen LogP contribution in [0.15, 0.2) is 24.1 Å². The van der Waals surface area contributed by atoms with Gasteiger partial charge in [0.2, 0.25) is 11.6 Å². The number of anilines is 1. The molecule has 38 heavy (non-hydrogen) atoms. The van der Waals surface area contributed by atoms with Crippen LogP contribution in [0.4, 0.5) is 32.0 Å². The van der Waals surface area contributed by atoms with Gasteiger partial charge in [-0.2, -0.15) is 27.2 Å². The Morgan fingerprint density at radius 3 is 2.16 bits per heavy atom. The third-order valence-corrected chi connectivity index (χ3v) is 6.76. The van der Waals surface area contributed by atoms with Crippen LogP contribution in [-0.4, -0.2) is 36.8 Å². The number of carbonyl (C=O) groups excluding carboxylic acids is 1. The van der Waals surface area contributed by atoms with Crippen molar-refractivity contribution in [2.24, 2.45) is 0 Å². The first-order chi connectivity index (χ1) is 17.6. The lowest BCUT2D eigenvalue weighted by atomic mass is 9.99. The third kappa shape index (κ3) is 7.67. The standard InChI is InChI=1S/C22H20F6N3OP.C3H8.CH4O/c1-12(2)15-7-17(19-16(23)6-14(9-33-19)20(10-29)4-5-20)30-8-18(15)31(13(3)32)11-21(24,25)22(26,27)28;1-3-2;1-2/h6-9,12H,4-5,11H2,1-3H3;3H2,1-2H3;2H,1H3/p+1. The molecule has 5 nitrogen and oxygen atoms in total. The van der Waals surface area contributed by atoms with Gasteiger partial charge in [0.1, 0.15) is 16.8 Å². The largest absolute Gasteiger partial charge is 0.455 e. The van der Waals surface area contributed by atoms with E-state index in [9.17, 15) is 36.4 Å².